The molecule has 19 heavy (non-hydrogen) atoms. The molecular weight excluding hydrogens is 260 g/mol. The minimum Gasteiger partial charge on any atom is -0.396 e. The van der Waals surface area contributed by atoms with E-state index in [0.29, 0.717) is 5.69 Å². The second-order valence-corrected chi connectivity index (χ2v) is 7.80. The maximum atomic E-state index is 11.7. The van der Waals surface area contributed by atoms with E-state index in [1.807, 2.05) is 6.07 Å². The van der Waals surface area contributed by atoms with Crippen LogP contribution in [0.15, 0.2) is 23.1 Å². The first kappa shape index (κ1) is 12.8. The van der Waals surface area contributed by atoms with Gasteiger partial charge in [0.15, 0.2) is 9.84 Å². The Labute approximate surface area is 114 Å². The predicted molar refractivity (Wildman–Crippen MR) is 77.0 cm³/mol. The molecule has 4 nitrogen and oxygen atoms in total. The van der Waals surface area contributed by atoms with Gasteiger partial charge in [-0.05, 0) is 36.8 Å². The van der Waals surface area contributed by atoms with Crippen molar-refractivity contribution in [1.29, 1.82) is 0 Å². The number of hydrogen-bond acceptors (Lipinski definition) is 4. The van der Waals surface area contributed by atoms with E-state index in [2.05, 4.69) is 4.90 Å². The number of nitrogens with two attached hydrogens (primary N) is 1. The molecule has 1 saturated heterocycles. The van der Waals surface area contributed by atoms with E-state index in [9.17, 15) is 8.42 Å². The Bertz CT molecular complexity index is 585. The summed E-state index contributed by atoms with van der Waals surface area (Å²) in [5.41, 5.74) is 7.37. The van der Waals surface area contributed by atoms with Crippen LogP contribution in [0.25, 0.3) is 0 Å². The SMILES string of the molecule is CS(=O)(=O)c1cccc(N2CC3CCCC3C2)c1N. The number of nitrogens with zero attached hydrogens (tertiary/aromatic N) is 1. The predicted octanol–water partition coefficient (Wildman–Crippen LogP) is 1.91. The molecule has 5 heteroatoms. The Morgan fingerprint density at radius 3 is 2.42 bits per heavy atom. The number of sulfone groups is 1. The Balaban J connectivity index is 1.94. The van der Waals surface area contributed by atoms with Crippen molar-refractivity contribution in [1.82, 2.24) is 0 Å². The van der Waals surface area contributed by atoms with Gasteiger partial charge in [0.1, 0.15) is 0 Å². The highest BCUT2D eigenvalue weighted by molar-refractivity contribution is 7.90. The van der Waals surface area contributed by atoms with Gasteiger partial charge in [0.05, 0.1) is 16.3 Å². The summed E-state index contributed by atoms with van der Waals surface area (Å²) in [6.45, 7) is 2.03. The molecule has 3 rings (SSSR count). The van der Waals surface area contributed by atoms with Gasteiger partial charge in [-0.15, -0.1) is 0 Å². The molecular formula is C14H20N2O2S. The normalized spacial score (nSPS) is 26.7. The molecule has 0 amide bonds. The molecule has 104 valence electrons. The van der Waals surface area contributed by atoms with Crippen molar-refractivity contribution in [3.63, 3.8) is 0 Å². The summed E-state index contributed by atoms with van der Waals surface area (Å²) in [6, 6.07) is 5.31. The molecule has 0 spiro atoms. The van der Waals surface area contributed by atoms with Gasteiger partial charge < -0.3 is 10.6 Å². The number of anilines is 2. The maximum Gasteiger partial charge on any atom is 0.177 e. The largest absolute Gasteiger partial charge is 0.396 e. The number of benzene rings is 1. The monoisotopic (exact) mass is 280 g/mol. The zero-order chi connectivity index (χ0) is 13.6. The van der Waals surface area contributed by atoms with Crippen molar-refractivity contribution in [2.24, 2.45) is 11.8 Å². The van der Waals surface area contributed by atoms with Crippen molar-refractivity contribution in [2.75, 3.05) is 30.0 Å². The second kappa shape index (κ2) is 4.40. The van der Waals surface area contributed by atoms with Gasteiger partial charge in [0.25, 0.3) is 0 Å². The highest BCUT2D eigenvalue weighted by Gasteiger charge is 2.36. The quantitative estimate of drug-likeness (QED) is 0.841. The molecule has 1 aromatic carbocycles. The number of nitrogen functional groups attached to an aromatic ring is 1. The van der Waals surface area contributed by atoms with Crippen LogP contribution in [0.4, 0.5) is 11.4 Å². The van der Waals surface area contributed by atoms with Gasteiger partial charge in [-0.25, -0.2) is 8.42 Å². The molecule has 1 aliphatic heterocycles. The van der Waals surface area contributed by atoms with Crippen molar-refractivity contribution in [3.8, 4) is 0 Å². The molecule has 1 aromatic rings. The summed E-state index contributed by atoms with van der Waals surface area (Å²) in [5, 5.41) is 0. The summed E-state index contributed by atoms with van der Waals surface area (Å²) >= 11 is 0. The molecule has 1 aliphatic carbocycles. The van der Waals surface area contributed by atoms with Crippen molar-refractivity contribution in [3.05, 3.63) is 18.2 Å². The molecule has 2 atom stereocenters. The van der Waals surface area contributed by atoms with E-state index in [0.717, 1.165) is 30.6 Å². The van der Waals surface area contributed by atoms with Gasteiger partial charge in [-0.1, -0.05) is 12.5 Å². The lowest BCUT2D eigenvalue weighted by Gasteiger charge is -2.22. The molecule has 0 radical (unpaired) electrons. The van der Waals surface area contributed by atoms with Crippen LogP contribution < -0.4 is 10.6 Å². The van der Waals surface area contributed by atoms with E-state index in [-0.39, 0.29) is 4.90 Å². The third kappa shape index (κ3) is 2.20. The molecule has 2 aliphatic rings. The summed E-state index contributed by atoms with van der Waals surface area (Å²) in [4.78, 5) is 2.51. The van der Waals surface area contributed by atoms with Gasteiger partial charge in [-0.2, -0.15) is 0 Å². The second-order valence-electron chi connectivity index (χ2n) is 5.82. The van der Waals surface area contributed by atoms with E-state index >= 15 is 0 Å². The smallest absolute Gasteiger partial charge is 0.177 e. The van der Waals surface area contributed by atoms with Gasteiger partial charge in [0.2, 0.25) is 0 Å². The molecule has 1 saturated carbocycles. The first-order valence-corrected chi connectivity index (χ1v) is 8.69. The van der Waals surface area contributed by atoms with Crippen molar-refractivity contribution in [2.45, 2.75) is 24.2 Å². The fourth-order valence-electron chi connectivity index (χ4n) is 3.56. The van der Waals surface area contributed by atoms with E-state index in [4.69, 9.17) is 5.73 Å². The molecule has 1 heterocycles. The first-order chi connectivity index (χ1) is 8.97. The summed E-state index contributed by atoms with van der Waals surface area (Å²) in [5.74, 6) is 1.53. The van der Waals surface area contributed by atoms with Gasteiger partial charge in [-0.3, -0.25) is 0 Å². The Kier molecular flexibility index (Phi) is 2.96. The minimum absolute atomic E-state index is 0.252. The lowest BCUT2D eigenvalue weighted by atomic mass is 10.0. The zero-order valence-electron chi connectivity index (χ0n) is 11.2. The lowest BCUT2D eigenvalue weighted by Crippen LogP contribution is -2.22. The van der Waals surface area contributed by atoms with Gasteiger partial charge >= 0.3 is 0 Å². The maximum absolute atomic E-state index is 11.7. The number of para-hydroxylation sites is 1. The van der Waals surface area contributed by atoms with Crippen LogP contribution >= 0.6 is 0 Å². The van der Waals surface area contributed by atoms with Crippen LogP contribution in [-0.2, 0) is 9.84 Å². The first-order valence-electron chi connectivity index (χ1n) is 6.80. The summed E-state index contributed by atoms with van der Waals surface area (Å²) in [6.07, 6.45) is 5.14. The topological polar surface area (TPSA) is 63.4 Å². The third-order valence-electron chi connectivity index (χ3n) is 4.51. The highest BCUT2D eigenvalue weighted by Crippen LogP contribution is 2.41. The summed E-state index contributed by atoms with van der Waals surface area (Å²) in [7, 11) is -3.26. The number of hydrogen-bond donors (Lipinski definition) is 1. The van der Waals surface area contributed by atoms with Crippen molar-refractivity contribution >= 4 is 21.2 Å². The molecule has 0 aromatic heterocycles. The van der Waals surface area contributed by atoms with Crippen LogP contribution in [0.5, 0.6) is 0 Å². The fourth-order valence-corrected chi connectivity index (χ4v) is 4.39. The van der Waals surface area contributed by atoms with Crippen LogP contribution in [0.2, 0.25) is 0 Å². The molecule has 0 bridgehead atoms. The third-order valence-corrected chi connectivity index (χ3v) is 5.66. The fraction of sp³-hybridized carbons (Fsp3) is 0.571. The molecule has 2 N–H and O–H groups in total. The highest BCUT2D eigenvalue weighted by atomic mass is 32.2. The molecule has 2 unspecified atom stereocenters. The number of fused-ring (bicyclic) bond motifs is 1. The van der Waals surface area contributed by atoms with E-state index in [1.165, 1.54) is 25.5 Å². The Morgan fingerprint density at radius 2 is 1.84 bits per heavy atom. The van der Waals surface area contributed by atoms with Crippen LogP contribution in [0.1, 0.15) is 19.3 Å². The van der Waals surface area contributed by atoms with Gasteiger partial charge in [0, 0.05) is 19.3 Å². The Hall–Kier alpha value is -1.23. The number of rotatable bonds is 2. The van der Waals surface area contributed by atoms with E-state index < -0.39 is 9.84 Å². The minimum atomic E-state index is -3.26. The zero-order valence-corrected chi connectivity index (χ0v) is 12.0. The van der Waals surface area contributed by atoms with Crippen LogP contribution in [0.3, 0.4) is 0 Å². The standard InChI is InChI=1S/C14H20N2O2S/c1-19(17,18)13-7-3-6-12(14(13)15)16-8-10-4-2-5-11(10)9-16/h3,6-7,10-11H,2,4-5,8-9,15H2,1H3. The molecule has 2 fully saturated rings. The van der Waals surface area contributed by atoms with Crippen LogP contribution in [-0.4, -0.2) is 27.8 Å². The average molecular weight is 280 g/mol. The summed E-state index contributed by atoms with van der Waals surface area (Å²) < 4.78 is 23.4. The lowest BCUT2D eigenvalue weighted by molar-refractivity contribution is 0.494. The van der Waals surface area contributed by atoms with Crippen molar-refractivity contribution < 1.29 is 8.42 Å². The van der Waals surface area contributed by atoms with Crippen LogP contribution in [0, 0.1) is 11.8 Å². The Morgan fingerprint density at radius 1 is 1.21 bits per heavy atom. The average Bonchev–Trinajstić information content (AvgIpc) is 2.87. The van der Waals surface area contributed by atoms with E-state index in [1.54, 1.807) is 12.1 Å².